The van der Waals surface area contributed by atoms with Gasteiger partial charge in [0, 0.05) is 30.2 Å². The summed E-state index contributed by atoms with van der Waals surface area (Å²) in [7, 11) is 0. The first-order valence-corrected chi connectivity index (χ1v) is 7.74. The summed E-state index contributed by atoms with van der Waals surface area (Å²) in [6, 6.07) is 10.3. The fraction of sp³-hybridized carbons (Fsp3) is 0.0556. The minimum Gasteiger partial charge on any atom is -0.351 e. The van der Waals surface area contributed by atoms with E-state index in [0.29, 0.717) is 22.5 Å². The van der Waals surface area contributed by atoms with Gasteiger partial charge in [-0.05, 0) is 35.9 Å². The molecule has 3 amide bonds. The third-order valence-corrected chi connectivity index (χ3v) is 3.64. The quantitative estimate of drug-likeness (QED) is 0.656. The molecule has 0 aliphatic carbocycles. The molecule has 0 saturated carbocycles. The van der Waals surface area contributed by atoms with Crippen LogP contribution in [0.25, 0.3) is 5.69 Å². The van der Waals surface area contributed by atoms with Crippen LogP contribution < -0.4 is 16.4 Å². The molecule has 0 spiro atoms. The van der Waals surface area contributed by atoms with Gasteiger partial charge in [-0.25, -0.2) is 14.2 Å². The van der Waals surface area contributed by atoms with Crippen molar-refractivity contribution >= 4 is 17.6 Å². The number of nitrogens with zero attached hydrogens (tertiary/aromatic N) is 2. The van der Waals surface area contributed by atoms with E-state index in [1.54, 1.807) is 47.3 Å². The topological polar surface area (TPSA) is 102 Å². The molecule has 4 N–H and O–H groups in total. The minimum absolute atomic E-state index is 0.160. The van der Waals surface area contributed by atoms with E-state index in [-0.39, 0.29) is 12.5 Å². The number of urea groups is 1. The third kappa shape index (κ3) is 4.04. The molecule has 0 radical (unpaired) electrons. The Morgan fingerprint density at radius 1 is 1.19 bits per heavy atom. The lowest BCUT2D eigenvalue weighted by Gasteiger charge is -2.09. The summed E-state index contributed by atoms with van der Waals surface area (Å²) in [5.74, 6) is -0.764. The predicted octanol–water partition coefficient (Wildman–Crippen LogP) is 2.43. The van der Waals surface area contributed by atoms with Gasteiger partial charge in [0.15, 0.2) is 0 Å². The van der Waals surface area contributed by atoms with E-state index < -0.39 is 11.8 Å². The van der Waals surface area contributed by atoms with Crippen molar-refractivity contribution in [1.29, 1.82) is 0 Å². The number of carbonyl (C=O) groups is 2. The van der Waals surface area contributed by atoms with Crippen LogP contribution in [0.4, 0.5) is 14.9 Å². The van der Waals surface area contributed by atoms with Crippen LogP contribution in [-0.4, -0.2) is 21.5 Å². The molecule has 0 atom stereocenters. The van der Waals surface area contributed by atoms with Crippen LogP contribution in [0.2, 0.25) is 0 Å². The molecule has 0 fully saturated rings. The van der Waals surface area contributed by atoms with Gasteiger partial charge in [-0.2, -0.15) is 0 Å². The van der Waals surface area contributed by atoms with Crippen molar-refractivity contribution in [3.05, 3.63) is 78.1 Å². The normalized spacial score (nSPS) is 10.3. The highest BCUT2D eigenvalue weighted by molar-refractivity contribution is 5.96. The summed E-state index contributed by atoms with van der Waals surface area (Å²) in [5.41, 5.74) is 6.82. The maximum atomic E-state index is 14.2. The van der Waals surface area contributed by atoms with E-state index in [1.807, 2.05) is 0 Å². The molecule has 8 heteroatoms. The molecule has 7 nitrogen and oxygen atoms in total. The molecule has 0 aliphatic heterocycles. The number of carbonyl (C=O) groups excluding carboxylic acids is 2. The molecule has 132 valence electrons. The fourth-order valence-electron chi connectivity index (χ4n) is 2.44. The first-order valence-electron chi connectivity index (χ1n) is 7.74. The Hall–Kier alpha value is -3.68. The van der Waals surface area contributed by atoms with Crippen LogP contribution in [0.1, 0.15) is 15.9 Å². The highest BCUT2D eigenvalue weighted by atomic mass is 19.1. The number of imidazole rings is 1. The second kappa shape index (κ2) is 7.47. The van der Waals surface area contributed by atoms with Gasteiger partial charge in [0.05, 0.1) is 12.0 Å². The second-order valence-electron chi connectivity index (χ2n) is 5.51. The smallest absolute Gasteiger partial charge is 0.316 e. The van der Waals surface area contributed by atoms with Gasteiger partial charge in [0.2, 0.25) is 0 Å². The number of aromatic nitrogens is 2. The van der Waals surface area contributed by atoms with Gasteiger partial charge in [0.25, 0.3) is 5.91 Å². The van der Waals surface area contributed by atoms with Crippen molar-refractivity contribution in [3.8, 4) is 5.69 Å². The zero-order valence-corrected chi connectivity index (χ0v) is 13.6. The van der Waals surface area contributed by atoms with E-state index in [1.165, 1.54) is 18.5 Å². The van der Waals surface area contributed by atoms with Crippen molar-refractivity contribution in [1.82, 2.24) is 14.9 Å². The number of nitrogens with two attached hydrogens (primary N) is 1. The van der Waals surface area contributed by atoms with E-state index in [2.05, 4.69) is 15.6 Å². The number of benzene rings is 2. The standard InChI is InChI=1S/C18H16FN5O2/c19-15-8-12(4-5-16(15)24-7-6-21-11-24)10-22-17(25)13-2-1-3-14(9-13)23-18(20)26/h1-9,11H,10H2,(H,22,25)(H3,20,23,26). The molecule has 3 aromatic rings. The average molecular weight is 353 g/mol. The van der Waals surface area contributed by atoms with Crippen LogP contribution in [0.15, 0.2) is 61.2 Å². The molecule has 0 saturated heterocycles. The molecule has 1 aromatic heterocycles. The van der Waals surface area contributed by atoms with Crippen LogP contribution in [0.3, 0.4) is 0 Å². The number of rotatable bonds is 5. The molecule has 0 unspecified atom stereocenters. The number of primary amides is 1. The third-order valence-electron chi connectivity index (χ3n) is 3.64. The van der Waals surface area contributed by atoms with Crippen molar-refractivity contribution in [2.24, 2.45) is 5.73 Å². The van der Waals surface area contributed by atoms with E-state index in [0.717, 1.165) is 0 Å². The maximum absolute atomic E-state index is 14.2. The van der Waals surface area contributed by atoms with E-state index >= 15 is 0 Å². The average Bonchev–Trinajstić information content (AvgIpc) is 3.13. The Bertz CT molecular complexity index is 941. The molecular weight excluding hydrogens is 337 g/mol. The zero-order valence-electron chi connectivity index (χ0n) is 13.6. The van der Waals surface area contributed by atoms with Crippen molar-refractivity contribution in [2.45, 2.75) is 6.54 Å². The SMILES string of the molecule is NC(=O)Nc1cccc(C(=O)NCc2ccc(-n3ccnc3)c(F)c2)c1. The van der Waals surface area contributed by atoms with Crippen LogP contribution in [0, 0.1) is 5.82 Å². The molecular formula is C18H16FN5O2. The van der Waals surface area contributed by atoms with Gasteiger partial charge in [-0.15, -0.1) is 0 Å². The number of hydrogen-bond acceptors (Lipinski definition) is 3. The number of nitrogens with one attached hydrogen (secondary N) is 2. The Kier molecular flexibility index (Phi) is 4.93. The Morgan fingerprint density at radius 3 is 2.73 bits per heavy atom. The predicted molar refractivity (Wildman–Crippen MR) is 94.3 cm³/mol. The fourth-order valence-corrected chi connectivity index (χ4v) is 2.44. The highest BCUT2D eigenvalue weighted by Crippen LogP contribution is 2.15. The van der Waals surface area contributed by atoms with Gasteiger partial charge < -0.3 is 20.9 Å². The summed E-state index contributed by atoms with van der Waals surface area (Å²) in [6.45, 7) is 0.160. The lowest BCUT2D eigenvalue weighted by Crippen LogP contribution is -2.23. The number of amides is 3. The summed E-state index contributed by atoms with van der Waals surface area (Å²) in [5, 5.41) is 5.11. The minimum atomic E-state index is -0.712. The molecule has 0 bridgehead atoms. The lowest BCUT2D eigenvalue weighted by molar-refractivity contribution is 0.0951. The van der Waals surface area contributed by atoms with Gasteiger partial charge >= 0.3 is 6.03 Å². The molecule has 1 heterocycles. The molecule has 3 rings (SSSR count). The lowest BCUT2D eigenvalue weighted by atomic mass is 10.1. The number of hydrogen-bond donors (Lipinski definition) is 3. The van der Waals surface area contributed by atoms with Crippen molar-refractivity contribution in [3.63, 3.8) is 0 Å². The Morgan fingerprint density at radius 2 is 2.04 bits per heavy atom. The number of anilines is 1. The summed E-state index contributed by atoms with van der Waals surface area (Å²) < 4.78 is 15.8. The number of halogens is 1. The van der Waals surface area contributed by atoms with Crippen LogP contribution in [-0.2, 0) is 6.54 Å². The highest BCUT2D eigenvalue weighted by Gasteiger charge is 2.09. The van der Waals surface area contributed by atoms with Crippen LogP contribution >= 0.6 is 0 Å². The maximum Gasteiger partial charge on any atom is 0.316 e. The molecule has 26 heavy (non-hydrogen) atoms. The largest absolute Gasteiger partial charge is 0.351 e. The van der Waals surface area contributed by atoms with Crippen molar-refractivity contribution < 1.29 is 14.0 Å². The van der Waals surface area contributed by atoms with Gasteiger partial charge in [-0.1, -0.05) is 12.1 Å². The zero-order chi connectivity index (χ0) is 18.5. The summed E-state index contributed by atoms with van der Waals surface area (Å²) in [4.78, 5) is 27.0. The van der Waals surface area contributed by atoms with E-state index in [9.17, 15) is 14.0 Å². The Labute approximate surface area is 148 Å². The van der Waals surface area contributed by atoms with Crippen molar-refractivity contribution in [2.75, 3.05) is 5.32 Å². The molecule has 0 aliphatic rings. The first-order chi connectivity index (χ1) is 12.5. The monoisotopic (exact) mass is 353 g/mol. The van der Waals surface area contributed by atoms with Gasteiger partial charge in [-0.3, -0.25) is 4.79 Å². The Balaban J connectivity index is 1.66. The summed E-state index contributed by atoms with van der Waals surface area (Å²) in [6.07, 6.45) is 4.72. The van der Waals surface area contributed by atoms with E-state index in [4.69, 9.17) is 5.73 Å². The van der Waals surface area contributed by atoms with Gasteiger partial charge in [0.1, 0.15) is 5.82 Å². The van der Waals surface area contributed by atoms with Crippen LogP contribution in [0.5, 0.6) is 0 Å². The second-order valence-corrected chi connectivity index (χ2v) is 5.51. The summed E-state index contributed by atoms with van der Waals surface area (Å²) >= 11 is 0. The first kappa shape index (κ1) is 17.2. The molecule has 2 aromatic carbocycles.